The molecule has 0 saturated heterocycles. The maximum absolute atomic E-state index is 11.3. The van der Waals surface area contributed by atoms with Crippen molar-refractivity contribution in [2.24, 2.45) is 5.73 Å². The van der Waals surface area contributed by atoms with E-state index in [0.29, 0.717) is 0 Å². The highest BCUT2D eigenvalue weighted by Gasteiger charge is 2.06. The maximum Gasteiger partial charge on any atom is 0.240 e. The van der Waals surface area contributed by atoms with Gasteiger partial charge >= 0.3 is 0 Å². The molecule has 88 valence electrons. The number of benzene rings is 1. The van der Waals surface area contributed by atoms with Gasteiger partial charge < -0.3 is 11.1 Å². The summed E-state index contributed by atoms with van der Waals surface area (Å²) >= 11 is 0. The van der Waals surface area contributed by atoms with E-state index in [1.54, 1.807) is 6.92 Å². The molecule has 0 heterocycles. The number of anilines is 1. The van der Waals surface area contributed by atoms with E-state index in [1.807, 2.05) is 24.3 Å². The van der Waals surface area contributed by atoms with Gasteiger partial charge in [0.25, 0.3) is 0 Å². The summed E-state index contributed by atoms with van der Waals surface area (Å²) in [6.07, 6.45) is 3.49. The summed E-state index contributed by atoms with van der Waals surface area (Å²) in [4.78, 5) is 11.3. The number of nitrogens with two attached hydrogens (primary N) is 1. The minimum Gasteiger partial charge on any atom is -0.325 e. The van der Waals surface area contributed by atoms with Crippen LogP contribution in [0.15, 0.2) is 24.3 Å². The summed E-state index contributed by atoms with van der Waals surface area (Å²) in [6, 6.07) is 7.47. The van der Waals surface area contributed by atoms with Gasteiger partial charge in [-0.15, -0.1) is 0 Å². The van der Waals surface area contributed by atoms with E-state index in [2.05, 4.69) is 12.2 Å². The van der Waals surface area contributed by atoms with Crippen molar-refractivity contribution in [3.63, 3.8) is 0 Å². The number of unbranched alkanes of at least 4 members (excludes halogenated alkanes) is 1. The Balaban J connectivity index is 2.54. The van der Waals surface area contributed by atoms with E-state index >= 15 is 0 Å². The van der Waals surface area contributed by atoms with Crippen LogP contribution >= 0.6 is 0 Å². The molecule has 1 aromatic rings. The van der Waals surface area contributed by atoms with Crippen LogP contribution in [0.25, 0.3) is 0 Å². The molecule has 3 N–H and O–H groups in total. The Hall–Kier alpha value is -1.35. The molecule has 1 amide bonds. The molecule has 0 radical (unpaired) electrons. The number of carbonyl (C=O) groups excluding carboxylic acids is 1. The molecule has 0 aliphatic carbocycles. The van der Waals surface area contributed by atoms with Gasteiger partial charge in [-0.2, -0.15) is 0 Å². The van der Waals surface area contributed by atoms with E-state index in [1.165, 1.54) is 18.4 Å². The monoisotopic (exact) mass is 220 g/mol. The average Bonchev–Trinajstić information content (AvgIpc) is 2.28. The lowest BCUT2D eigenvalue weighted by atomic mass is 10.1. The second-order valence-corrected chi connectivity index (χ2v) is 4.08. The van der Waals surface area contributed by atoms with Gasteiger partial charge in [0.1, 0.15) is 0 Å². The lowest BCUT2D eigenvalue weighted by molar-refractivity contribution is -0.117. The van der Waals surface area contributed by atoms with Crippen LogP contribution in [-0.2, 0) is 11.2 Å². The minimum atomic E-state index is -0.472. The molecule has 1 atom stereocenters. The van der Waals surface area contributed by atoms with Gasteiger partial charge in [0, 0.05) is 5.69 Å². The fraction of sp³-hybridized carbons (Fsp3) is 0.462. The highest BCUT2D eigenvalue weighted by atomic mass is 16.2. The number of hydrogen-bond donors (Lipinski definition) is 2. The molecule has 0 bridgehead atoms. The first-order valence-electron chi connectivity index (χ1n) is 5.79. The van der Waals surface area contributed by atoms with Crippen LogP contribution in [0.1, 0.15) is 32.3 Å². The van der Waals surface area contributed by atoms with E-state index < -0.39 is 6.04 Å². The van der Waals surface area contributed by atoms with E-state index in [-0.39, 0.29) is 5.91 Å². The molecule has 0 aliphatic heterocycles. The van der Waals surface area contributed by atoms with Gasteiger partial charge in [-0.05, 0) is 37.5 Å². The summed E-state index contributed by atoms with van der Waals surface area (Å²) in [5, 5.41) is 2.76. The zero-order chi connectivity index (χ0) is 12.0. The second-order valence-electron chi connectivity index (χ2n) is 4.08. The predicted molar refractivity (Wildman–Crippen MR) is 67.3 cm³/mol. The van der Waals surface area contributed by atoms with Crippen molar-refractivity contribution in [2.45, 2.75) is 39.2 Å². The Bertz CT molecular complexity index is 330. The molecule has 16 heavy (non-hydrogen) atoms. The molecule has 0 fully saturated rings. The van der Waals surface area contributed by atoms with Gasteiger partial charge in [-0.25, -0.2) is 0 Å². The third kappa shape index (κ3) is 4.03. The second kappa shape index (κ2) is 6.28. The van der Waals surface area contributed by atoms with E-state index in [0.717, 1.165) is 12.1 Å². The van der Waals surface area contributed by atoms with Crippen LogP contribution < -0.4 is 11.1 Å². The van der Waals surface area contributed by atoms with Crippen molar-refractivity contribution in [3.05, 3.63) is 29.8 Å². The SMILES string of the molecule is CCCCc1ccc(NC(=O)C(C)N)cc1. The quantitative estimate of drug-likeness (QED) is 0.800. The van der Waals surface area contributed by atoms with E-state index in [4.69, 9.17) is 5.73 Å². The zero-order valence-corrected chi connectivity index (χ0v) is 9.99. The first-order chi connectivity index (χ1) is 7.63. The van der Waals surface area contributed by atoms with Gasteiger partial charge in [0.15, 0.2) is 0 Å². The van der Waals surface area contributed by atoms with Gasteiger partial charge in [-0.3, -0.25) is 4.79 Å². The Morgan fingerprint density at radius 1 is 1.38 bits per heavy atom. The first kappa shape index (κ1) is 12.7. The maximum atomic E-state index is 11.3. The molecular weight excluding hydrogens is 200 g/mol. The van der Waals surface area contributed by atoms with Gasteiger partial charge in [-0.1, -0.05) is 25.5 Å². The number of aryl methyl sites for hydroxylation is 1. The van der Waals surface area contributed by atoms with Crippen LogP contribution in [0.3, 0.4) is 0 Å². The van der Waals surface area contributed by atoms with Crippen LogP contribution in [-0.4, -0.2) is 11.9 Å². The van der Waals surface area contributed by atoms with Crippen molar-refractivity contribution in [3.8, 4) is 0 Å². The number of hydrogen-bond acceptors (Lipinski definition) is 2. The van der Waals surface area contributed by atoms with Crippen LogP contribution in [0.5, 0.6) is 0 Å². The Morgan fingerprint density at radius 3 is 2.50 bits per heavy atom. The molecular formula is C13H20N2O. The largest absolute Gasteiger partial charge is 0.325 e. The molecule has 3 heteroatoms. The average molecular weight is 220 g/mol. The molecule has 0 aliphatic rings. The Kier molecular flexibility index (Phi) is 4.99. The normalized spacial score (nSPS) is 12.2. The van der Waals surface area contributed by atoms with Gasteiger partial charge in [0.05, 0.1) is 6.04 Å². The molecule has 0 spiro atoms. The van der Waals surface area contributed by atoms with Crippen molar-refractivity contribution < 1.29 is 4.79 Å². The fourth-order valence-corrected chi connectivity index (χ4v) is 1.39. The number of rotatable bonds is 5. The lowest BCUT2D eigenvalue weighted by Crippen LogP contribution is -2.32. The first-order valence-corrected chi connectivity index (χ1v) is 5.79. The third-order valence-electron chi connectivity index (χ3n) is 2.45. The zero-order valence-electron chi connectivity index (χ0n) is 9.99. The summed E-state index contributed by atoms with van der Waals surface area (Å²) in [7, 11) is 0. The molecule has 1 aromatic carbocycles. The molecule has 0 saturated carbocycles. The predicted octanol–water partition coefficient (Wildman–Crippen LogP) is 2.31. The standard InChI is InChI=1S/C13H20N2O/c1-3-4-5-11-6-8-12(9-7-11)15-13(16)10(2)14/h6-10H,3-5,14H2,1-2H3,(H,15,16). The van der Waals surface area contributed by atoms with Crippen molar-refractivity contribution in [1.82, 2.24) is 0 Å². The highest BCUT2D eigenvalue weighted by Crippen LogP contribution is 2.11. The van der Waals surface area contributed by atoms with Crippen LogP contribution in [0, 0.1) is 0 Å². The summed E-state index contributed by atoms with van der Waals surface area (Å²) in [5.74, 6) is -0.152. The molecule has 1 unspecified atom stereocenters. The molecule has 1 rings (SSSR count). The van der Waals surface area contributed by atoms with Crippen molar-refractivity contribution >= 4 is 11.6 Å². The third-order valence-corrected chi connectivity index (χ3v) is 2.45. The summed E-state index contributed by atoms with van der Waals surface area (Å²) < 4.78 is 0. The Labute approximate surface area is 97.0 Å². The Morgan fingerprint density at radius 2 is 2.00 bits per heavy atom. The number of carbonyl (C=O) groups is 1. The minimum absolute atomic E-state index is 0.152. The summed E-state index contributed by atoms with van der Waals surface area (Å²) in [6.45, 7) is 3.85. The number of amides is 1. The molecule has 0 aromatic heterocycles. The van der Waals surface area contributed by atoms with Crippen LogP contribution in [0.4, 0.5) is 5.69 Å². The molecule has 3 nitrogen and oxygen atoms in total. The van der Waals surface area contributed by atoms with E-state index in [9.17, 15) is 4.79 Å². The fourth-order valence-electron chi connectivity index (χ4n) is 1.39. The number of nitrogens with one attached hydrogen (secondary N) is 1. The summed E-state index contributed by atoms with van der Waals surface area (Å²) in [5.41, 5.74) is 7.58. The van der Waals surface area contributed by atoms with Crippen molar-refractivity contribution in [1.29, 1.82) is 0 Å². The van der Waals surface area contributed by atoms with Crippen molar-refractivity contribution in [2.75, 3.05) is 5.32 Å². The lowest BCUT2D eigenvalue weighted by Gasteiger charge is -2.08. The highest BCUT2D eigenvalue weighted by molar-refractivity contribution is 5.94. The van der Waals surface area contributed by atoms with Gasteiger partial charge in [0.2, 0.25) is 5.91 Å². The smallest absolute Gasteiger partial charge is 0.240 e. The van der Waals surface area contributed by atoms with Crippen LogP contribution in [0.2, 0.25) is 0 Å². The topological polar surface area (TPSA) is 55.1 Å².